The highest BCUT2D eigenvalue weighted by molar-refractivity contribution is 7.93. The van der Waals surface area contributed by atoms with Gasteiger partial charge in [0.1, 0.15) is 11.8 Å². The molecule has 3 amide bonds. The lowest BCUT2D eigenvalue weighted by molar-refractivity contribution is -0.124. The Morgan fingerprint density at radius 2 is 1.62 bits per heavy atom. The molecule has 0 unspecified atom stereocenters. The normalized spacial score (nSPS) is 15.0. The predicted molar refractivity (Wildman–Crippen MR) is 139 cm³/mol. The van der Waals surface area contributed by atoms with Crippen molar-refractivity contribution in [3.05, 3.63) is 82.9 Å². The number of nitrogens with zero attached hydrogens (tertiary/aromatic N) is 1. The maximum Gasteiger partial charge on any atom is 0.265 e. The van der Waals surface area contributed by atoms with Gasteiger partial charge in [-0.2, -0.15) is 0 Å². The molecule has 3 aromatic rings. The molecule has 0 radical (unpaired) electrons. The van der Waals surface area contributed by atoms with Crippen LogP contribution in [0.1, 0.15) is 33.5 Å². The molecule has 3 aromatic carbocycles. The molecule has 1 atom stereocenters. The fourth-order valence-corrected chi connectivity index (χ4v) is 6.71. The van der Waals surface area contributed by atoms with Crippen LogP contribution in [0.3, 0.4) is 0 Å². The molecule has 0 fully saturated rings. The summed E-state index contributed by atoms with van der Waals surface area (Å²) in [4.78, 5) is 38.9. The Morgan fingerprint density at radius 1 is 1.00 bits per heavy atom. The van der Waals surface area contributed by atoms with E-state index in [-0.39, 0.29) is 21.9 Å². The highest BCUT2D eigenvalue weighted by atomic mass is 32.2. The molecule has 9 nitrogen and oxygen atoms in total. The summed E-state index contributed by atoms with van der Waals surface area (Å²) in [7, 11) is -2.89. The van der Waals surface area contributed by atoms with Gasteiger partial charge in [-0.15, -0.1) is 0 Å². The molecule has 0 bridgehead atoms. The first kappa shape index (κ1) is 25.9. The summed E-state index contributed by atoms with van der Waals surface area (Å²) >= 11 is 0. The van der Waals surface area contributed by atoms with Crippen LogP contribution < -0.4 is 19.7 Å². The van der Waals surface area contributed by atoms with Crippen molar-refractivity contribution in [1.82, 2.24) is 5.32 Å². The zero-order chi connectivity index (χ0) is 26.9. The van der Waals surface area contributed by atoms with Gasteiger partial charge < -0.3 is 10.1 Å². The van der Waals surface area contributed by atoms with Crippen LogP contribution >= 0.6 is 0 Å². The highest BCUT2D eigenvalue weighted by Crippen LogP contribution is 2.38. The van der Waals surface area contributed by atoms with Crippen LogP contribution in [-0.2, 0) is 19.6 Å². The molecule has 4 rings (SSSR count). The molecule has 10 heteroatoms. The number of fused-ring (bicyclic) bond motifs is 1. The number of amides is 3. The number of benzene rings is 3. The largest absolute Gasteiger partial charge is 0.496 e. The number of rotatable bonds is 6. The van der Waals surface area contributed by atoms with E-state index >= 15 is 0 Å². The monoisotopic (exact) mass is 521 g/mol. The number of hydrogen-bond acceptors (Lipinski definition) is 6. The zero-order valence-electron chi connectivity index (χ0n) is 20.9. The third-order valence-electron chi connectivity index (χ3n) is 6.09. The van der Waals surface area contributed by atoms with Gasteiger partial charge in [-0.1, -0.05) is 42.0 Å². The number of imide groups is 1. The molecular weight excluding hydrogens is 494 g/mol. The minimum absolute atomic E-state index is 0.0677. The Labute approximate surface area is 215 Å². The van der Waals surface area contributed by atoms with E-state index in [4.69, 9.17) is 4.74 Å². The van der Waals surface area contributed by atoms with Gasteiger partial charge in [0, 0.05) is 0 Å². The van der Waals surface area contributed by atoms with Gasteiger partial charge in [-0.05, 0) is 56.2 Å². The first-order valence-corrected chi connectivity index (χ1v) is 13.0. The molecule has 1 aliphatic rings. The number of sulfonamides is 1. The van der Waals surface area contributed by atoms with Crippen molar-refractivity contribution in [1.29, 1.82) is 0 Å². The number of nitrogens with one attached hydrogen (secondary N) is 2. The van der Waals surface area contributed by atoms with Crippen molar-refractivity contribution in [2.75, 3.05) is 16.7 Å². The molecule has 0 aromatic heterocycles. The number of ether oxygens (including phenoxy) is 1. The van der Waals surface area contributed by atoms with Crippen molar-refractivity contribution in [2.24, 2.45) is 0 Å². The van der Waals surface area contributed by atoms with Crippen molar-refractivity contribution < 1.29 is 27.5 Å². The van der Waals surface area contributed by atoms with Crippen molar-refractivity contribution in [2.45, 2.75) is 38.1 Å². The fraction of sp³-hybridized carbons (Fsp3) is 0.222. The smallest absolute Gasteiger partial charge is 0.265 e. The standard InChI is InChI=1S/C27H27N3O6S/c1-16-13-17(2)25(18(3)14-16)37(34,35)30-21-11-7-6-10-20(21)28-27(33)22(30)15-24(31)29-26(32)19-9-5-8-12-23(19)36-4/h5-14,22H,15H2,1-4H3,(H,28,33)(H,29,31,32)/t22-/m0/s1. The summed E-state index contributed by atoms with van der Waals surface area (Å²) in [5.74, 6) is -1.94. The number of carbonyl (C=O) groups excluding carboxylic acids is 3. The van der Waals surface area contributed by atoms with Gasteiger partial charge in [0.25, 0.3) is 15.9 Å². The third kappa shape index (κ3) is 4.92. The summed E-state index contributed by atoms with van der Waals surface area (Å²) in [6.45, 7) is 5.25. The third-order valence-corrected chi connectivity index (χ3v) is 8.22. The topological polar surface area (TPSA) is 122 Å². The maximum absolute atomic E-state index is 14.1. The minimum atomic E-state index is -4.28. The average molecular weight is 522 g/mol. The second-order valence-electron chi connectivity index (χ2n) is 8.83. The molecular formula is C27H27N3O6S. The van der Waals surface area contributed by atoms with E-state index in [1.165, 1.54) is 13.2 Å². The van der Waals surface area contributed by atoms with Crippen LogP contribution in [-0.4, -0.2) is 39.3 Å². The van der Waals surface area contributed by atoms with E-state index in [1.807, 2.05) is 6.92 Å². The maximum atomic E-state index is 14.1. The Balaban J connectivity index is 1.73. The number of carbonyl (C=O) groups is 3. The molecule has 1 heterocycles. The van der Waals surface area contributed by atoms with Crippen LogP contribution in [0.15, 0.2) is 65.6 Å². The number of methoxy groups -OCH3 is 1. The minimum Gasteiger partial charge on any atom is -0.496 e. The van der Waals surface area contributed by atoms with Gasteiger partial charge in [-0.3, -0.25) is 24.0 Å². The fourth-order valence-electron chi connectivity index (χ4n) is 4.66. The molecule has 0 saturated heterocycles. The Morgan fingerprint density at radius 3 is 2.30 bits per heavy atom. The van der Waals surface area contributed by atoms with E-state index < -0.39 is 40.2 Å². The van der Waals surface area contributed by atoms with E-state index in [0.717, 1.165) is 9.87 Å². The van der Waals surface area contributed by atoms with Gasteiger partial charge >= 0.3 is 0 Å². The summed E-state index contributed by atoms with van der Waals surface area (Å²) in [5, 5.41) is 4.93. The van der Waals surface area contributed by atoms with Crippen molar-refractivity contribution in [3.63, 3.8) is 0 Å². The van der Waals surface area contributed by atoms with E-state index in [9.17, 15) is 22.8 Å². The van der Waals surface area contributed by atoms with Gasteiger partial charge in [-0.25, -0.2) is 8.42 Å². The van der Waals surface area contributed by atoms with Gasteiger partial charge in [0.15, 0.2) is 0 Å². The Hall–Kier alpha value is -4.18. The Bertz CT molecular complexity index is 1490. The number of aryl methyl sites for hydroxylation is 3. The number of para-hydroxylation sites is 3. The predicted octanol–water partition coefficient (Wildman–Crippen LogP) is 3.48. The molecule has 37 heavy (non-hydrogen) atoms. The van der Waals surface area contributed by atoms with E-state index in [2.05, 4.69) is 10.6 Å². The molecule has 0 aliphatic carbocycles. The lowest BCUT2D eigenvalue weighted by atomic mass is 10.1. The van der Waals surface area contributed by atoms with Crippen molar-refractivity contribution in [3.8, 4) is 5.75 Å². The summed E-state index contributed by atoms with van der Waals surface area (Å²) in [6, 6.07) is 14.9. The first-order chi connectivity index (χ1) is 17.5. The lowest BCUT2D eigenvalue weighted by Crippen LogP contribution is -2.53. The molecule has 0 spiro atoms. The molecule has 0 saturated carbocycles. The molecule has 2 N–H and O–H groups in total. The van der Waals surface area contributed by atoms with Crippen LogP contribution in [0.2, 0.25) is 0 Å². The lowest BCUT2D eigenvalue weighted by Gasteiger charge is -2.37. The molecule has 1 aliphatic heterocycles. The van der Waals surface area contributed by atoms with E-state index in [1.54, 1.807) is 68.4 Å². The second kappa shape index (κ2) is 10.1. The van der Waals surface area contributed by atoms with Crippen LogP contribution in [0, 0.1) is 20.8 Å². The van der Waals surface area contributed by atoms with Crippen LogP contribution in [0.25, 0.3) is 0 Å². The second-order valence-corrected chi connectivity index (χ2v) is 10.6. The molecule has 192 valence electrons. The van der Waals surface area contributed by atoms with Gasteiger partial charge in [0.2, 0.25) is 11.8 Å². The number of hydrogen-bond donors (Lipinski definition) is 2. The quantitative estimate of drug-likeness (QED) is 0.512. The Kier molecular flexibility index (Phi) is 7.04. The average Bonchev–Trinajstić information content (AvgIpc) is 2.83. The highest BCUT2D eigenvalue weighted by Gasteiger charge is 2.43. The van der Waals surface area contributed by atoms with Gasteiger partial charge in [0.05, 0.1) is 35.4 Å². The first-order valence-electron chi connectivity index (χ1n) is 11.5. The number of anilines is 2. The van der Waals surface area contributed by atoms with Crippen LogP contribution in [0.4, 0.5) is 11.4 Å². The van der Waals surface area contributed by atoms with Crippen molar-refractivity contribution >= 4 is 39.1 Å². The van der Waals surface area contributed by atoms with Crippen LogP contribution in [0.5, 0.6) is 5.75 Å². The SMILES string of the molecule is COc1ccccc1C(=O)NC(=O)C[C@H]1C(=O)Nc2ccccc2N1S(=O)(=O)c1c(C)cc(C)cc1C. The summed E-state index contributed by atoms with van der Waals surface area (Å²) in [5.41, 5.74) is 2.62. The summed E-state index contributed by atoms with van der Waals surface area (Å²) < 4.78 is 34.4. The zero-order valence-corrected chi connectivity index (χ0v) is 21.7. The van der Waals surface area contributed by atoms with E-state index in [0.29, 0.717) is 16.8 Å². The summed E-state index contributed by atoms with van der Waals surface area (Å²) in [6.07, 6.45) is -0.579.